The van der Waals surface area contributed by atoms with Crippen molar-refractivity contribution in [3.63, 3.8) is 0 Å². The van der Waals surface area contributed by atoms with Gasteiger partial charge in [-0.05, 0) is 32.9 Å². The predicted octanol–water partition coefficient (Wildman–Crippen LogP) is 2.43. The Bertz CT molecular complexity index is 151. The Morgan fingerprint density at radius 3 is 2.46 bits per heavy atom. The summed E-state index contributed by atoms with van der Waals surface area (Å²) in [5.74, 6) is 1.83. The molecule has 0 aromatic carbocycles. The van der Waals surface area contributed by atoms with Crippen LogP contribution in [0.4, 0.5) is 0 Å². The molecule has 0 aliphatic rings. The zero-order valence-corrected chi connectivity index (χ0v) is 9.96. The van der Waals surface area contributed by atoms with Crippen LogP contribution in [0.15, 0.2) is 0 Å². The van der Waals surface area contributed by atoms with Crippen LogP contribution in [0.5, 0.6) is 0 Å². The molecule has 0 aromatic heterocycles. The van der Waals surface area contributed by atoms with Gasteiger partial charge < -0.3 is 5.32 Å². The predicted molar refractivity (Wildman–Crippen MR) is 60.1 cm³/mol. The third kappa shape index (κ3) is 9.74. The van der Waals surface area contributed by atoms with Crippen LogP contribution >= 0.6 is 11.8 Å². The van der Waals surface area contributed by atoms with Gasteiger partial charge in [-0.2, -0.15) is 11.8 Å². The minimum Gasteiger partial charge on any atom is -0.351 e. The number of hydrogen-bond acceptors (Lipinski definition) is 2. The minimum atomic E-state index is -0.0948. The second kappa shape index (κ2) is 6.30. The van der Waals surface area contributed by atoms with E-state index in [2.05, 4.69) is 12.2 Å². The zero-order chi connectivity index (χ0) is 10.3. The molecule has 1 amide bonds. The maximum absolute atomic E-state index is 11.3. The highest BCUT2D eigenvalue weighted by Crippen LogP contribution is 2.05. The van der Waals surface area contributed by atoms with Crippen molar-refractivity contribution in [1.29, 1.82) is 0 Å². The van der Waals surface area contributed by atoms with Crippen molar-refractivity contribution in [2.45, 2.75) is 46.1 Å². The highest BCUT2D eigenvalue weighted by Gasteiger charge is 2.12. The monoisotopic (exact) mass is 203 g/mol. The molecule has 13 heavy (non-hydrogen) atoms. The molecule has 0 saturated heterocycles. The fourth-order valence-corrected chi connectivity index (χ4v) is 1.76. The smallest absolute Gasteiger partial charge is 0.230 e. The first-order chi connectivity index (χ1) is 5.95. The van der Waals surface area contributed by atoms with E-state index in [1.807, 2.05) is 20.8 Å². The van der Waals surface area contributed by atoms with E-state index in [-0.39, 0.29) is 11.4 Å². The summed E-state index contributed by atoms with van der Waals surface area (Å²) in [6.45, 7) is 8.17. The normalized spacial score (nSPS) is 11.4. The van der Waals surface area contributed by atoms with Gasteiger partial charge in [0.2, 0.25) is 5.91 Å². The lowest BCUT2D eigenvalue weighted by Crippen LogP contribution is -2.41. The number of rotatable bonds is 5. The van der Waals surface area contributed by atoms with Crippen molar-refractivity contribution in [2.24, 2.45) is 0 Å². The lowest BCUT2D eigenvalue weighted by atomic mass is 10.1. The Labute approximate surface area is 85.9 Å². The molecular formula is C10H21NOS. The lowest BCUT2D eigenvalue weighted by molar-refractivity contribution is -0.119. The number of carbonyl (C=O) groups is 1. The van der Waals surface area contributed by atoms with Gasteiger partial charge >= 0.3 is 0 Å². The van der Waals surface area contributed by atoms with Crippen LogP contribution in [-0.2, 0) is 4.79 Å². The second-order valence-electron chi connectivity index (χ2n) is 4.20. The first kappa shape index (κ1) is 12.8. The van der Waals surface area contributed by atoms with Gasteiger partial charge in [-0.1, -0.05) is 13.3 Å². The largest absolute Gasteiger partial charge is 0.351 e. The standard InChI is InChI=1S/C10H21NOS/c1-5-6-7-13-8-9(12)11-10(2,3)4/h5-8H2,1-4H3,(H,11,12). The summed E-state index contributed by atoms with van der Waals surface area (Å²) < 4.78 is 0. The quantitative estimate of drug-likeness (QED) is 0.695. The number of hydrogen-bond donors (Lipinski definition) is 1. The molecule has 1 N–H and O–H groups in total. The van der Waals surface area contributed by atoms with Gasteiger partial charge in [-0.15, -0.1) is 0 Å². The fraction of sp³-hybridized carbons (Fsp3) is 0.900. The molecule has 0 aliphatic carbocycles. The molecule has 0 fully saturated rings. The molecule has 0 heterocycles. The number of nitrogens with one attached hydrogen (secondary N) is 1. The third-order valence-electron chi connectivity index (χ3n) is 1.39. The van der Waals surface area contributed by atoms with E-state index in [9.17, 15) is 4.79 Å². The average Bonchev–Trinajstić information content (AvgIpc) is 1.94. The zero-order valence-electron chi connectivity index (χ0n) is 9.14. The molecule has 0 rings (SSSR count). The summed E-state index contributed by atoms with van der Waals surface area (Å²) in [7, 11) is 0. The average molecular weight is 203 g/mol. The summed E-state index contributed by atoms with van der Waals surface area (Å²) in [6, 6.07) is 0. The van der Waals surface area contributed by atoms with Gasteiger partial charge in [0, 0.05) is 5.54 Å². The van der Waals surface area contributed by atoms with Gasteiger partial charge in [-0.3, -0.25) is 4.79 Å². The summed E-state index contributed by atoms with van der Waals surface area (Å²) in [4.78, 5) is 11.3. The molecule has 0 bridgehead atoms. The SMILES string of the molecule is CCCCSCC(=O)NC(C)(C)C. The summed E-state index contributed by atoms with van der Waals surface area (Å²) >= 11 is 1.71. The molecule has 78 valence electrons. The van der Waals surface area contributed by atoms with E-state index in [1.165, 1.54) is 12.8 Å². The van der Waals surface area contributed by atoms with Crippen LogP contribution < -0.4 is 5.32 Å². The van der Waals surface area contributed by atoms with Crippen LogP contribution in [0, 0.1) is 0 Å². The van der Waals surface area contributed by atoms with Crippen LogP contribution in [0.1, 0.15) is 40.5 Å². The van der Waals surface area contributed by atoms with Crippen LogP contribution in [0.2, 0.25) is 0 Å². The molecule has 0 unspecified atom stereocenters. The molecule has 0 radical (unpaired) electrons. The molecule has 0 aliphatic heterocycles. The Morgan fingerprint density at radius 1 is 1.38 bits per heavy atom. The molecule has 0 atom stereocenters. The van der Waals surface area contributed by atoms with Gasteiger partial charge in [0.05, 0.1) is 5.75 Å². The van der Waals surface area contributed by atoms with Crippen molar-refractivity contribution in [3.05, 3.63) is 0 Å². The highest BCUT2D eigenvalue weighted by molar-refractivity contribution is 7.99. The molecule has 3 heteroatoms. The topological polar surface area (TPSA) is 29.1 Å². The first-order valence-electron chi connectivity index (χ1n) is 4.84. The van der Waals surface area contributed by atoms with E-state index in [1.54, 1.807) is 11.8 Å². The molecule has 0 spiro atoms. The third-order valence-corrected chi connectivity index (χ3v) is 2.43. The number of carbonyl (C=O) groups excluding carboxylic acids is 1. The van der Waals surface area contributed by atoms with E-state index >= 15 is 0 Å². The van der Waals surface area contributed by atoms with Crippen molar-refractivity contribution in [3.8, 4) is 0 Å². The molecule has 0 saturated carbocycles. The Morgan fingerprint density at radius 2 is 2.00 bits per heavy atom. The highest BCUT2D eigenvalue weighted by atomic mass is 32.2. The number of unbranched alkanes of at least 4 members (excludes halogenated alkanes) is 1. The Kier molecular flexibility index (Phi) is 6.21. The van der Waals surface area contributed by atoms with Gasteiger partial charge in [-0.25, -0.2) is 0 Å². The van der Waals surface area contributed by atoms with Crippen molar-refractivity contribution >= 4 is 17.7 Å². The van der Waals surface area contributed by atoms with Crippen LogP contribution in [0.25, 0.3) is 0 Å². The number of amides is 1. The molecular weight excluding hydrogens is 182 g/mol. The maximum atomic E-state index is 11.3. The summed E-state index contributed by atoms with van der Waals surface area (Å²) in [6.07, 6.45) is 2.40. The van der Waals surface area contributed by atoms with Gasteiger partial charge in [0.15, 0.2) is 0 Å². The van der Waals surface area contributed by atoms with Crippen molar-refractivity contribution in [1.82, 2.24) is 5.32 Å². The summed E-state index contributed by atoms with van der Waals surface area (Å²) in [5, 5.41) is 2.94. The van der Waals surface area contributed by atoms with Crippen molar-refractivity contribution in [2.75, 3.05) is 11.5 Å². The molecule has 2 nitrogen and oxygen atoms in total. The van der Waals surface area contributed by atoms with Crippen LogP contribution in [-0.4, -0.2) is 23.0 Å². The lowest BCUT2D eigenvalue weighted by Gasteiger charge is -2.20. The van der Waals surface area contributed by atoms with Crippen LogP contribution in [0.3, 0.4) is 0 Å². The Hall–Kier alpha value is -0.180. The van der Waals surface area contributed by atoms with E-state index in [4.69, 9.17) is 0 Å². The van der Waals surface area contributed by atoms with E-state index < -0.39 is 0 Å². The number of thioether (sulfide) groups is 1. The van der Waals surface area contributed by atoms with Gasteiger partial charge in [0.25, 0.3) is 0 Å². The van der Waals surface area contributed by atoms with E-state index in [0.717, 1.165) is 5.75 Å². The van der Waals surface area contributed by atoms with Gasteiger partial charge in [0.1, 0.15) is 0 Å². The van der Waals surface area contributed by atoms with Crippen molar-refractivity contribution < 1.29 is 4.79 Å². The molecule has 0 aromatic rings. The second-order valence-corrected chi connectivity index (χ2v) is 5.31. The van der Waals surface area contributed by atoms with E-state index in [0.29, 0.717) is 5.75 Å². The maximum Gasteiger partial charge on any atom is 0.230 e. The fourth-order valence-electron chi connectivity index (χ4n) is 0.866. The minimum absolute atomic E-state index is 0.0948. The Balaban J connectivity index is 3.41. The first-order valence-corrected chi connectivity index (χ1v) is 6.00. The summed E-state index contributed by atoms with van der Waals surface area (Å²) in [5.41, 5.74) is -0.0948.